The molecular formula is C18H18N2O4. The first kappa shape index (κ1) is 17.2. The first-order valence-corrected chi connectivity index (χ1v) is 7.44. The van der Waals surface area contributed by atoms with E-state index in [1.807, 2.05) is 0 Å². The highest BCUT2D eigenvalue weighted by Gasteiger charge is 2.06. The van der Waals surface area contributed by atoms with Crippen LogP contribution in [0.4, 0.5) is 5.69 Å². The third kappa shape index (κ3) is 4.95. The molecule has 0 aromatic heterocycles. The zero-order valence-corrected chi connectivity index (χ0v) is 13.2. The van der Waals surface area contributed by atoms with Crippen molar-refractivity contribution in [3.63, 3.8) is 0 Å². The number of anilines is 1. The largest absolute Gasteiger partial charge is 0.478 e. The molecule has 0 radical (unpaired) electrons. The zero-order chi connectivity index (χ0) is 17.5. The minimum Gasteiger partial charge on any atom is -0.478 e. The van der Waals surface area contributed by atoms with E-state index < -0.39 is 5.97 Å². The van der Waals surface area contributed by atoms with Crippen LogP contribution in [0.15, 0.2) is 48.5 Å². The highest BCUT2D eigenvalue weighted by atomic mass is 16.4. The molecular weight excluding hydrogens is 308 g/mol. The molecule has 0 saturated heterocycles. The van der Waals surface area contributed by atoms with Crippen LogP contribution in [0.5, 0.6) is 0 Å². The van der Waals surface area contributed by atoms with E-state index in [1.54, 1.807) is 48.5 Å². The van der Waals surface area contributed by atoms with Crippen molar-refractivity contribution in [1.82, 2.24) is 5.32 Å². The molecule has 0 aliphatic carbocycles. The summed E-state index contributed by atoms with van der Waals surface area (Å²) in [6, 6.07) is 13.2. The van der Waals surface area contributed by atoms with Crippen LogP contribution in [0.2, 0.25) is 0 Å². The zero-order valence-electron chi connectivity index (χ0n) is 13.2. The van der Waals surface area contributed by atoms with E-state index in [0.717, 1.165) is 5.56 Å². The van der Waals surface area contributed by atoms with E-state index in [0.29, 0.717) is 24.2 Å². The molecule has 0 aliphatic heterocycles. The van der Waals surface area contributed by atoms with Crippen LogP contribution >= 0.6 is 0 Å². The van der Waals surface area contributed by atoms with Crippen molar-refractivity contribution in [1.29, 1.82) is 0 Å². The van der Waals surface area contributed by atoms with Crippen molar-refractivity contribution in [2.24, 2.45) is 0 Å². The Kier molecular flexibility index (Phi) is 5.68. The maximum Gasteiger partial charge on any atom is 0.335 e. The lowest BCUT2D eigenvalue weighted by Crippen LogP contribution is -2.25. The Hall–Kier alpha value is -3.15. The first-order chi connectivity index (χ1) is 11.5. The minimum absolute atomic E-state index is 0.166. The number of rotatable bonds is 6. The summed E-state index contributed by atoms with van der Waals surface area (Å²) >= 11 is 0. The Bertz CT molecular complexity index is 737. The lowest BCUT2D eigenvalue weighted by Gasteiger charge is -2.07. The molecule has 0 fully saturated rings. The van der Waals surface area contributed by atoms with Gasteiger partial charge in [0.05, 0.1) is 5.56 Å². The number of carboxylic acids is 1. The summed E-state index contributed by atoms with van der Waals surface area (Å²) in [5, 5.41) is 14.3. The van der Waals surface area contributed by atoms with E-state index in [-0.39, 0.29) is 17.4 Å². The Labute approximate surface area is 139 Å². The molecule has 0 heterocycles. The molecule has 124 valence electrons. The van der Waals surface area contributed by atoms with Gasteiger partial charge in [0.15, 0.2) is 0 Å². The van der Waals surface area contributed by atoms with Crippen molar-refractivity contribution in [3.8, 4) is 0 Å². The third-order valence-electron chi connectivity index (χ3n) is 3.37. The van der Waals surface area contributed by atoms with Crippen LogP contribution in [0.3, 0.4) is 0 Å². The summed E-state index contributed by atoms with van der Waals surface area (Å²) in [7, 11) is 0. The van der Waals surface area contributed by atoms with Gasteiger partial charge < -0.3 is 15.7 Å². The SMILES string of the molecule is CC(=O)Nc1ccc(C(=O)NCCc2ccc(C(=O)O)cc2)cc1. The molecule has 24 heavy (non-hydrogen) atoms. The quantitative estimate of drug-likeness (QED) is 0.759. The maximum absolute atomic E-state index is 12.0. The smallest absolute Gasteiger partial charge is 0.335 e. The topological polar surface area (TPSA) is 95.5 Å². The molecule has 2 amide bonds. The fourth-order valence-electron chi connectivity index (χ4n) is 2.14. The number of benzene rings is 2. The predicted octanol–water partition coefficient (Wildman–Crippen LogP) is 2.32. The number of carbonyl (C=O) groups is 3. The molecule has 6 heteroatoms. The molecule has 0 spiro atoms. The molecule has 0 unspecified atom stereocenters. The van der Waals surface area contributed by atoms with E-state index in [1.165, 1.54) is 6.92 Å². The second kappa shape index (κ2) is 7.92. The lowest BCUT2D eigenvalue weighted by molar-refractivity contribution is -0.114. The highest BCUT2D eigenvalue weighted by Crippen LogP contribution is 2.09. The van der Waals surface area contributed by atoms with Gasteiger partial charge in [0.1, 0.15) is 0 Å². The summed E-state index contributed by atoms with van der Waals surface area (Å²) < 4.78 is 0. The van der Waals surface area contributed by atoms with Crippen molar-refractivity contribution < 1.29 is 19.5 Å². The number of carbonyl (C=O) groups excluding carboxylic acids is 2. The highest BCUT2D eigenvalue weighted by molar-refractivity contribution is 5.95. The maximum atomic E-state index is 12.0. The van der Waals surface area contributed by atoms with Gasteiger partial charge >= 0.3 is 5.97 Å². The summed E-state index contributed by atoms with van der Waals surface area (Å²) in [5.41, 5.74) is 2.33. The Balaban J connectivity index is 1.84. The molecule has 2 rings (SSSR count). The van der Waals surface area contributed by atoms with Crippen molar-refractivity contribution in [3.05, 3.63) is 65.2 Å². The summed E-state index contributed by atoms with van der Waals surface area (Å²) in [6.45, 7) is 1.86. The van der Waals surface area contributed by atoms with Crippen molar-refractivity contribution in [2.75, 3.05) is 11.9 Å². The molecule has 6 nitrogen and oxygen atoms in total. The van der Waals surface area contributed by atoms with Gasteiger partial charge in [0, 0.05) is 24.7 Å². The molecule has 0 bridgehead atoms. The van der Waals surface area contributed by atoms with Crippen molar-refractivity contribution >= 4 is 23.5 Å². The normalized spacial score (nSPS) is 10.0. The van der Waals surface area contributed by atoms with Crippen LogP contribution in [0, 0.1) is 0 Å². The van der Waals surface area contributed by atoms with E-state index in [9.17, 15) is 14.4 Å². The van der Waals surface area contributed by atoms with Gasteiger partial charge in [-0.15, -0.1) is 0 Å². The summed E-state index contributed by atoms with van der Waals surface area (Å²) in [5.74, 6) is -1.33. The van der Waals surface area contributed by atoms with Crippen LogP contribution in [-0.2, 0) is 11.2 Å². The van der Waals surface area contributed by atoms with Crippen LogP contribution in [0.1, 0.15) is 33.2 Å². The van der Waals surface area contributed by atoms with Gasteiger partial charge in [-0.3, -0.25) is 9.59 Å². The molecule has 3 N–H and O–H groups in total. The van der Waals surface area contributed by atoms with Gasteiger partial charge in [0.25, 0.3) is 5.91 Å². The summed E-state index contributed by atoms with van der Waals surface area (Å²) in [6.07, 6.45) is 0.607. The molecule has 0 aliphatic rings. The van der Waals surface area contributed by atoms with Gasteiger partial charge in [-0.2, -0.15) is 0 Å². The minimum atomic E-state index is -0.961. The van der Waals surface area contributed by atoms with Crippen molar-refractivity contribution in [2.45, 2.75) is 13.3 Å². The van der Waals surface area contributed by atoms with Crippen LogP contribution in [-0.4, -0.2) is 29.4 Å². The van der Waals surface area contributed by atoms with Gasteiger partial charge in [-0.25, -0.2) is 4.79 Å². The number of hydrogen-bond donors (Lipinski definition) is 3. The molecule has 2 aromatic rings. The van der Waals surface area contributed by atoms with Crippen LogP contribution < -0.4 is 10.6 Å². The van der Waals surface area contributed by atoms with E-state index in [4.69, 9.17) is 5.11 Å². The predicted molar refractivity (Wildman–Crippen MR) is 90.2 cm³/mol. The Morgan fingerprint density at radius 3 is 2.04 bits per heavy atom. The summed E-state index contributed by atoms with van der Waals surface area (Å²) in [4.78, 5) is 33.8. The Morgan fingerprint density at radius 1 is 0.917 bits per heavy atom. The van der Waals surface area contributed by atoms with E-state index in [2.05, 4.69) is 10.6 Å². The number of aromatic carboxylic acids is 1. The van der Waals surface area contributed by atoms with Gasteiger partial charge in [-0.1, -0.05) is 12.1 Å². The number of nitrogens with one attached hydrogen (secondary N) is 2. The Morgan fingerprint density at radius 2 is 1.50 bits per heavy atom. The van der Waals surface area contributed by atoms with Crippen LogP contribution in [0.25, 0.3) is 0 Å². The number of hydrogen-bond acceptors (Lipinski definition) is 3. The molecule has 2 aromatic carbocycles. The standard InChI is InChI=1S/C18H18N2O4/c1-12(21)20-16-8-6-14(7-9-16)17(22)19-11-10-13-2-4-15(5-3-13)18(23)24/h2-9H,10-11H2,1H3,(H,19,22)(H,20,21)(H,23,24). The molecule has 0 atom stereocenters. The average molecular weight is 326 g/mol. The third-order valence-corrected chi connectivity index (χ3v) is 3.37. The lowest BCUT2D eigenvalue weighted by atomic mass is 10.1. The number of amides is 2. The van der Waals surface area contributed by atoms with Gasteiger partial charge in [-0.05, 0) is 48.4 Å². The fourth-order valence-corrected chi connectivity index (χ4v) is 2.14. The van der Waals surface area contributed by atoms with E-state index >= 15 is 0 Å². The second-order valence-corrected chi connectivity index (χ2v) is 5.27. The monoisotopic (exact) mass is 326 g/mol. The average Bonchev–Trinajstić information content (AvgIpc) is 2.55. The fraction of sp³-hybridized carbons (Fsp3) is 0.167. The van der Waals surface area contributed by atoms with Gasteiger partial charge in [0.2, 0.25) is 5.91 Å². The molecule has 0 saturated carbocycles. The second-order valence-electron chi connectivity index (χ2n) is 5.27. The first-order valence-electron chi connectivity index (χ1n) is 7.44. The number of carboxylic acid groups (broad SMARTS) is 1.